The maximum Gasteiger partial charge on any atom is 1.00 e. The SMILES string of the molecule is [K+].[NH-]S(=O)(=O)C1CCNCC1. The van der Waals surface area contributed by atoms with E-state index >= 15 is 0 Å². The van der Waals surface area contributed by atoms with Gasteiger partial charge in [-0.25, -0.2) is 8.42 Å². The Morgan fingerprint density at radius 3 is 2.00 bits per heavy atom. The molecule has 2 N–H and O–H groups in total. The third kappa shape index (κ3) is 4.32. The Labute approximate surface area is 110 Å². The van der Waals surface area contributed by atoms with Crippen molar-refractivity contribution >= 4 is 10.0 Å². The van der Waals surface area contributed by atoms with Gasteiger partial charge < -0.3 is 10.5 Å². The van der Waals surface area contributed by atoms with Crippen LogP contribution in [0.4, 0.5) is 0 Å². The van der Waals surface area contributed by atoms with E-state index in [2.05, 4.69) is 5.32 Å². The summed E-state index contributed by atoms with van der Waals surface area (Å²) in [6.07, 6.45) is 1.18. The zero-order chi connectivity index (χ0) is 7.61. The number of nitrogens with one attached hydrogen (secondary N) is 2. The summed E-state index contributed by atoms with van der Waals surface area (Å²) in [6, 6.07) is 0. The monoisotopic (exact) mass is 202 g/mol. The van der Waals surface area contributed by atoms with Crippen LogP contribution in [0.3, 0.4) is 0 Å². The van der Waals surface area contributed by atoms with Gasteiger partial charge in [0, 0.05) is 5.25 Å². The molecule has 0 aromatic rings. The topological polar surface area (TPSA) is 70.0 Å². The summed E-state index contributed by atoms with van der Waals surface area (Å²) in [5, 5.41) is 9.39. The minimum atomic E-state index is -3.52. The summed E-state index contributed by atoms with van der Waals surface area (Å²) in [5.74, 6) is 0. The van der Waals surface area contributed by atoms with Crippen molar-refractivity contribution in [3.05, 3.63) is 5.14 Å². The number of hydrogen-bond acceptors (Lipinski definition) is 3. The van der Waals surface area contributed by atoms with E-state index in [-0.39, 0.29) is 51.4 Å². The van der Waals surface area contributed by atoms with Crippen LogP contribution in [0.1, 0.15) is 12.8 Å². The summed E-state index contributed by atoms with van der Waals surface area (Å²) >= 11 is 0. The van der Waals surface area contributed by atoms with Crippen molar-refractivity contribution in [2.75, 3.05) is 13.1 Å². The Morgan fingerprint density at radius 1 is 1.27 bits per heavy atom. The quantitative estimate of drug-likeness (QED) is 0.465. The zero-order valence-electron chi connectivity index (χ0n) is 6.63. The van der Waals surface area contributed by atoms with Gasteiger partial charge in [-0.1, -0.05) is 0 Å². The summed E-state index contributed by atoms with van der Waals surface area (Å²) in [5.41, 5.74) is 0. The second kappa shape index (κ2) is 5.28. The van der Waals surface area contributed by atoms with E-state index in [9.17, 15) is 8.42 Å². The normalized spacial score (nSPS) is 20.8. The van der Waals surface area contributed by atoms with Gasteiger partial charge in [-0.2, -0.15) is 0 Å². The third-order valence-electron chi connectivity index (χ3n) is 1.73. The Kier molecular flexibility index (Phi) is 6.01. The zero-order valence-corrected chi connectivity index (χ0v) is 10.6. The molecule has 0 spiro atoms. The van der Waals surface area contributed by atoms with Crippen molar-refractivity contribution in [2.45, 2.75) is 18.1 Å². The number of rotatable bonds is 1. The van der Waals surface area contributed by atoms with Crippen LogP contribution in [-0.4, -0.2) is 26.8 Å². The first-order valence-corrected chi connectivity index (χ1v) is 4.84. The molecule has 0 aliphatic carbocycles. The van der Waals surface area contributed by atoms with Gasteiger partial charge in [0.15, 0.2) is 0 Å². The van der Waals surface area contributed by atoms with Crippen LogP contribution in [0.25, 0.3) is 5.14 Å². The molecule has 0 radical (unpaired) electrons. The second-order valence-corrected chi connectivity index (χ2v) is 4.25. The van der Waals surface area contributed by atoms with Crippen molar-refractivity contribution in [1.82, 2.24) is 5.32 Å². The molecule has 1 aliphatic rings. The van der Waals surface area contributed by atoms with Crippen molar-refractivity contribution < 1.29 is 59.8 Å². The van der Waals surface area contributed by atoms with Crippen LogP contribution < -0.4 is 56.7 Å². The van der Waals surface area contributed by atoms with E-state index < -0.39 is 15.3 Å². The molecule has 1 rings (SSSR count). The smallest absolute Gasteiger partial charge is 0.564 e. The molecule has 11 heavy (non-hydrogen) atoms. The Morgan fingerprint density at radius 2 is 1.73 bits per heavy atom. The minimum Gasteiger partial charge on any atom is -0.564 e. The van der Waals surface area contributed by atoms with Gasteiger partial charge in [-0.3, -0.25) is 0 Å². The van der Waals surface area contributed by atoms with Crippen LogP contribution in [0.5, 0.6) is 0 Å². The molecule has 4 nitrogen and oxygen atoms in total. The van der Waals surface area contributed by atoms with Gasteiger partial charge in [-0.05, 0) is 25.9 Å². The fourth-order valence-corrected chi connectivity index (χ4v) is 1.96. The van der Waals surface area contributed by atoms with Gasteiger partial charge in [0.1, 0.15) is 0 Å². The first-order chi connectivity index (χ1) is 4.61. The van der Waals surface area contributed by atoms with E-state index in [1.165, 1.54) is 0 Å². The summed E-state index contributed by atoms with van der Waals surface area (Å²) in [4.78, 5) is 0. The fourth-order valence-electron chi connectivity index (χ4n) is 1.11. The molecule has 1 heterocycles. The second-order valence-electron chi connectivity index (χ2n) is 2.49. The third-order valence-corrected chi connectivity index (χ3v) is 3.07. The average molecular weight is 202 g/mol. The molecule has 1 aliphatic heterocycles. The van der Waals surface area contributed by atoms with E-state index in [0.717, 1.165) is 13.1 Å². The molecule has 0 unspecified atom stereocenters. The van der Waals surface area contributed by atoms with Crippen LogP contribution in [0, 0.1) is 0 Å². The van der Waals surface area contributed by atoms with Crippen LogP contribution in [0.15, 0.2) is 0 Å². The predicted molar refractivity (Wildman–Crippen MR) is 39.1 cm³/mol. The van der Waals surface area contributed by atoms with Crippen LogP contribution in [0.2, 0.25) is 0 Å². The molecule has 0 aromatic heterocycles. The minimum absolute atomic E-state index is 0. The molecule has 0 atom stereocenters. The number of piperidine rings is 1. The first-order valence-electron chi connectivity index (χ1n) is 3.30. The summed E-state index contributed by atoms with van der Waals surface area (Å²) in [6.45, 7) is 1.45. The van der Waals surface area contributed by atoms with Crippen molar-refractivity contribution in [2.24, 2.45) is 0 Å². The van der Waals surface area contributed by atoms with Gasteiger partial charge in [0.25, 0.3) is 0 Å². The number of sulfonamides is 1. The van der Waals surface area contributed by atoms with Crippen molar-refractivity contribution in [3.63, 3.8) is 0 Å². The largest absolute Gasteiger partial charge is 1.00 e. The summed E-state index contributed by atoms with van der Waals surface area (Å²) in [7, 11) is -3.52. The molecular weight excluding hydrogens is 191 g/mol. The van der Waals surface area contributed by atoms with E-state index in [0.29, 0.717) is 12.8 Å². The fraction of sp³-hybridized carbons (Fsp3) is 1.00. The molecule has 0 aromatic carbocycles. The van der Waals surface area contributed by atoms with Crippen molar-refractivity contribution in [3.8, 4) is 0 Å². The molecular formula is C5H11KN2O2S. The number of hydrogen-bond donors (Lipinski definition) is 1. The van der Waals surface area contributed by atoms with Crippen molar-refractivity contribution in [1.29, 1.82) is 0 Å². The van der Waals surface area contributed by atoms with E-state index in [4.69, 9.17) is 5.14 Å². The molecule has 60 valence electrons. The standard InChI is InChI=1S/C5H11N2O2S.K/c6-10(8,9)5-1-3-7-4-2-5;/h5,7H,1-4H2,(H-,6,8,9);/q-1;+1. The van der Waals surface area contributed by atoms with Gasteiger partial charge >= 0.3 is 51.4 Å². The Bertz CT molecular complexity index is 199. The molecule has 0 amide bonds. The Hall–Kier alpha value is 1.51. The van der Waals surface area contributed by atoms with Gasteiger partial charge in [0.2, 0.25) is 0 Å². The first kappa shape index (κ1) is 12.5. The molecule has 1 fully saturated rings. The summed E-state index contributed by atoms with van der Waals surface area (Å²) < 4.78 is 21.3. The predicted octanol–water partition coefficient (Wildman–Crippen LogP) is -2.88. The Balaban J connectivity index is 0.000001000. The van der Waals surface area contributed by atoms with Gasteiger partial charge in [0.05, 0.1) is 10.0 Å². The van der Waals surface area contributed by atoms with E-state index in [1.807, 2.05) is 0 Å². The molecule has 0 saturated carbocycles. The average Bonchev–Trinajstić information content (AvgIpc) is 1.88. The van der Waals surface area contributed by atoms with E-state index in [1.54, 1.807) is 0 Å². The van der Waals surface area contributed by atoms with Crippen LogP contribution in [-0.2, 0) is 10.0 Å². The molecule has 6 heteroatoms. The molecule has 1 saturated heterocycles. The van der Waals surface area contributed by atoms with Crippen LogP contribution >= 0.6 is 0 Å². The maximum absolute atomic E-state index is 10.6. The maximum atomic E-state index is 10.6. The molecule has 0 bridgehead atoms. The van der Waals surface area contributed by atoms with Gasteiger partial charge in [-0.15, -0.1) is 0 Å².